The van der Waals surface area contributed by atoms with Gasteiger partial charge in [0.15, 0.2) is 0 Å². The molecule has 0 aliphatic heterocycles. The first-order chi connectivity index (χ1) is 9.43. The van der Waals surface area contributed by atoms with Crippen molar-refractivity contribution in [2.24, 2.45) is 5.73 Å². The number of aromatic nitrogens is 3. The summed E-state index contributed by atoms with van der Waals surface area (Å²) in [5.74, 6) is 0. The van der Waals surface area contributed by atoms with Crippen molar-refractivity contribution < 1.29 is 4.92 Å². The summed E-state index contributed by atoms with van der Waals surface area (Å²) in [7, 11) is 0. The molecule has 1 atom stereocenters. The van der Waals surface area contributed by atoms with E-state index in [4.69, 9.17) is 5.73 Å². The van der Waals surface area contributed by atoms with E-state index in [2.05, 4.69) is 10.3 Å². The van der Waals surface area contributed by atoms with E-state index in [1.54, 1.807) is 19.2 Å². The third kappa shape index (κ3) is 2.53. The minimum Gasteiger partial charge on any atom is -0.323 e. The molecule has 2 aromatic rings. The van der Waals surface area contributed by atoms with Crippen molar-refractivity contribution in [3.8, 4) is 5.69 Å². The summed E-state index contributed by atoms with van der Waals surface area (Å²) in [5, 5.41) is 19.0. The highest BCUT2D eigenvalue weighted by Gasteiger charge is 2.16. The number of nitro benzene ring substituents is 1. The van der Waals surface area contributed by atoms with Gasteiger partial charge >= 0.3 is 0 Å². The first kappa shape index (κ1) is 14.1. The molecule has 20 heavy (non-hydrogen) atoms. The average molecular weight is 275 g/mol. The van der Waals surface area contributed by atoms with Gasteiger partial charge in [0.1, 0.15) is 0 Å². The van der Waals surface area contributed by atoms with Gasteiger partial charge in [-0.25, -0.2) is 4.68 Å². The predicted octanol–water partition coefficient (Wildman–Crippen LogP) is 2.20. The molecule has 0 saturated carbocycles. The highest BCUT2D eigenvalue weighted by Crippen LogP contribution is 2.25. The molecule has 0 aliphatic rings. The molecule has 7 heteroatoms. The summed E-state index contributed by atoms with van der Waals surface area (Å²) < 4.78 is 1.53. The normalized spacial score (nSPS) is 12.4. The monoisotopic (exact) mass is 275 g/mol. The second-order valence-corrected chi connectivity index (χ2v) is 4.79. The maximum atomic E-state index is 11.0. The van der Waals surface area contributed by atoms with Crippen LogP contribution in [-0.4, -0.2) is 19.9 Å². The van der Waals surface area contributed by atoms with Crippen LogP contribution in [0.4, 0.5) is 5.69 Å². The van der Waals surface area contributed by atoms with Gasteiger partial charge < -0.3 is 5.73 Å². The van der Waals surface area contributed by atoms with E-state index >= 15 is 0 Å². The van der Waals surface area contributed by atoms with Crippen LogP contribution in [0.3, 0.4) is 0 Å². The van der Waals surface area contributed by atoms with E-state index < -0.39 is 4.92 Å². The van der Waals surface area contributed by atoms with Crippen LogP contribution >= 0.6 is 0 Å². The van der Waals surface area contributed by atoms with Crippen LogP contribution in [0, 0.1) is 24.0 Å². The lowest BCUT2D eigenvalue weighted by atomic mass is 10.1. The number of rotatable bonds is 4. The zero-order chi connectivity index (χ0) is 14.9. The standard InChI is InChI=1S/C13H17N5O2/c1-4-10(14)11-7-17(16-15-11)12-6-13(18(19)20)9(3)5-8(12)2/h5-7,10H,4,14H2,1-3H3. The fourth-order valence-corrected chi connectivity index (χ4v) is 2.05. The van der Waals surface area contributed by atoms with Gasteiger partial charge in [-0.3, -0.25) is 10.1 Å². The number of hydrogen-bond acceptors (Lipinski definition) is 5. The van der Waals surface area contributed by atoms with Gasteiger partial charge in [0, 0.05) is 11.6 Å². The Hall–Kier alpha value is -2.28. The Bertz CT molecular complexity index is 650. The molecule has 2 rings (SSSR count). The molecule has 1 aromatic heterocycles. The van der Waals surface area contributed by atoms with Crippen LogP contribution < -0.4 is 5.73 Å². The minimum atomic E-state index is -0.395. The Kier molecular flexibility index (Phi) is 3.80. The Morgan fingerprint density at radius 3 is 2.70 bits per heavy atom. The summed E-state index contributed by atoms with van der Waals surface area (Å²) in [5.41, 5.74) is 8.82. The lowest BCUT2D eigenvalue weighted by Crippen LogP contribution is -2.08. The smallest absolute Gasteiger partial charge is 0.274 e. The number of nitrogens with zero attached hydrogens (tertiary/aromatic N) is 4. The number of benzene rings is 1. The van der Waals surface area contributed by atoms with E-state index in [0.29, 0.717) is 16.9 Å². The zero-order valence-corrected chi connectivity index (χ0v) is 11.7. The van der Waals surface area contributed by atoms with Crippen LogP contribution in [0.25, 0.3) is 5.69 Å². The molecule has 0 radical (unpaired) electrons. The van der Waals surface area contributed by atoms with E-state index in [-0.39, 0.29) is 11.7 Å². The number of nitrogens with two attached hydrogens (primary N) is 1. The topological polar surface area (TPSA) is 99.9 Å². The fourth-order valence-electron chi connectivity index (χ4n) is 2.05. The van der Waals surface area contributed by atoms with E-state index in [1.807, 2.05) is 13.8 Å². The predicted molar refractivity (Wildman–Crippen MR) is 74.7 cm³/mol. The van der Waals surface area contributed by atoms with Crippen molar-refractivity contribution in [3.63, 3.8) is 0 Å². The molecule has 2 N–H and O–H groups in total. The van der Waals surface area contributed by atoms with Crippen molar-refractivity contribution in [2.45, 2.75) is 33.2 Å². The van der Waals surface area contributed by atoms with Gasteiger partial charge in [-0.2, -0.15) is 0 Å². The van der Waals surface area contributed by atoms with Gasteiger partial charge in [-0.05, 0) is 31.9 Å². The molecule has 1 heterocycles. The van der Waals surface area contributed by atoms with Gasteiger partial charge in [-0.1, -0.05) is 12.1 Å². The largest absolute Gasteiger partial charge is 0.323 e. The molecule has 1 aromatic carbocycles. The van der Waals surface area contributed by atoms with Crippen LogP contribution in [-0.2, 0) is 0 Å². The summed E-state index contributed by atoms with van der Waals surface area (Å²) >= 11 is 0. The second-order valence-electron chi connectivity index (χ2n) is 4.79. The van der Waals surface area contributed by atoms with Crippen LogP contribution in [0.2, 0.25) is 0 Å². The summed E-state index contributed by atoms with van der Waals surface area (Å²) in [6.07, 6.45) is 2.47. The van der Waals surface area contributed by atoms with Crippen molar-refractivity contribution in [3.05, 3.63) is 45.3 Å². The summed E-state index contributed by atoms with van der Waals surface area (Å²) in [6.45, 7) is 5.56. The van der Waals surface area contributed by atoms with E-state index in [1.165, 1.54) is 10.7 Å². The number of nitro groups is 1. The van der Waals surface area contributed by atoms with Crippen molar-refractivity contribution in [1.29, 1.82) is 0 Å². The molecule has 0 fully saturated rings. The fraction of sp³-hybridized carbons (Fsp3) is 0.385. The second kappa shape index (κ2) is 5.38. The quantitative estimate of drug-likeness (QED) is 0.681. The van der Waals surface area contributed by atoms with Crippen LogP contribution in [0.5, 0.6) is 0 Å². The van der Waals surface area contributed by atoms with Gasteiger partial charge in [0.25, 0.3) is 5.69 Å². The molecule has 0 aliphatic carbocycles. The zero-order valence-electron chi connectivity index (χ0n) is 11.7. The maximum absolute atomic E-state index is 11.0. The minimum absolute atomic E-state index is 0.0717. The lowest BCUT2D eigenvalue weighted by Gasteiger charge is -2.07. The number of aryl methyl sites for hydroxylation is 2. The molecule has 7 nitrogen and oxygen atoms in total. The third-order valence-corrected chi connectivity index (χ3v) is 3.29. The maximum Gasteiger partial charge on any atom is 0.274 e. The van der Waals surface area contributed by atoms with Gasteiger partial charge in [-0.15, -0.1) is 5.10 Å². The Morgan fingerprint density at radius 2 is 2.10 bits per heavy atom. The highest BCUT2D eigenvalue weighted by atomic mass is 16.6. The molecule has 0 spiro atoms. The molecule has 1 unspecified atom stereocenters. The van der Waals surface area contributed by atoms with E-state index in [0.717, 1.165) is 12.0 Å². The summed E-state index contributed by atoms with van der Waals surface area (Å²) in [6, 6.07) is 3.11. The Labute approximate surface area is 116 Å². The summed E-state index contributed by atoms with van der Waals surface area (Å²) in [4.78, 5) is 10.6. The first-order valence-electron chi connectivity index (χ1n) is 6.37. The van der Waals surface area contributed by atoms with Gasteiger partial charge in [0.05, 0.1) is 28.5 Å². The highest BCUT2D eigenvalue weighted by molar-refractivity contribution is 5.53. The Morgan fingerprint density at radius 1 is 1.40 bits per heavy atom. The molecule has 0 amide bonds. The molecule has 0 saturated heterocycles. The number of hydrogen-bond donors (Lipinski definition) is 1. The molecule has 106 valence electrons. The van der Waals surface area contributed by atoms with Crippen molar-refractivity contribution in [2.75, 3.05) is 0 Å². The Balaban J connectivity index is 2.49. The van der Waals surface area contributed by atoms with E-state index in [9.17, 15) is 10.1 Å². The molecule has 0 bridgehead atoms. The van der Waals surface area contributed by atoms with Crippen molar-refractivity contribution >= 4 is 5.69 Å². The molecular weight excluding hydrogens is 258 g/mol. The lowest BCUT2D eigenvalue weighted by molar-refractivity contribution is -0.385. The van der Waals surface area contributed by atoms with Gasteiger partial charge in [0.2, 0.25) is 0 Å². The average Bonchev–Trinajstić information content (AvgIpc) is 2.86. The van der Waals surface area contributed by atoms with Crippen LogP contribution in [0.1, 0.15) is 36.2 Å². The van der Waals surface area contributed by atoms with Crippen molar-refractivity contribution in [1.82, 2.24) is 15.0 Å². The first-order valence-corrected chi connectivity index (χ1v) is 6.37. The SMILES string of the molecule is CCC(N)c1cn(-c2cc([N+](=O)[O-])c(C)cc2C)nn1. The van der Waals surface area contributed by atoms with Crippen LogP contribution in [0.15, 0.2) is 18.3 Å². The molecular formula is C13H17N5O2. The third-order valence-electron chi connectivity index (χ3n) is 3.29.